The molecule has 0 aliphatic heterocycles. The van der Waals surface area contributed by atoms with E-state index in [1.54, 1.807) is 0 Å². The zero-order chi connectivity index (χ0) is 9.26. The number of halogens is 1. The quantitative estimate of drug-likeness (QED) is 0.506. The lowest BCUT2D eigenvalue weighted by Gasteiger charge is -1.96. The van der Waals surface area contributed by atoms with E-state index < -0.39 is 0 Å². The zero-order valence-corrected chi connectivity index (χ0v) is 7.73. The second kappa shape index (κ2) is 3.38. The first-order valence-corrected chi connectivity index (χ1v) is 4.38. The monoisotopic (exact) mass is 195 g/mol. The third-order valence-electron chi connectivity index (χ3n) is 2.02. The number of H-pyrrole nitrogens is 1. The Morgan fingerprint density at radius 1 is 1.46 bits per heavy atom. The van der Waals surface area contributed by atoms with E-state index in [2.05, 4.69) is 10.4 Å². The van der Waals surface area contributed by atoms with Gasteiger partial charge in [-0.1, -0.05) is 17.7 Å². The fourth-order valence-electron chi connectivity index (χ4n) is 1.41. The summed E-state index contributed by atoms with van der Waals surface area (Å²) in [5.41, 5.74) is 4.81. The van der Waals surface area contributed by atoms with Crippen molar-refractivity contribution < 1.29 is 0 Å². The molecule has 0 aliphatic rings. The number of aromatic amines is 1. The van der Waals surface area contributed by atoms with Crippen LogP contribution in [-0.2, 0) is 6.54 Å². The normalized spacial score (nSPS) is 10.9. The van der Waals surface area contributed by atoms with Crippen LogP contribution in [0.25, 0.3) is 10.9 Å². The molecule has 13 heavy (non-hydrogen) atoms. The maximum atomic E-state index is 5.84. The lowest BCUT2D eigenvalue weighted by molar-refractivity contribution is 0.745. The molecule has 1 aromatic carbocycles. The van der Waals surface area contributed by atoms with Crippen LogP contribution in [0, 0.1) is 0 Å². The number of benzene rings is 1. The summed E-state index contributed by atoms with van der Waals surface area (Å²) in [6, 6.07) is 5.76. The summed E-state index contributed by atoms with van der Waals surface area (Å²) in [5, 5.41) is 1.89. The highest BCUT2D eigenvalue weighted by atomic mass is 35.5. The van der Waals surface area contributed by atoms with Crippen LogP contribution >= 0.6 is 11.6 Å². The fourth-order valence-corrected chi connectivity index (χ4v) is 1.59. The van der Waals surface area contributed by atoms with Crippen molar-refractivity contribution in [2.24, 2.45) is 5.84 Å². The Morgan fingerprint density at radius 3 is 3.08 bits per heavy atom. The van der Waals surface area contributed by atoms with E-state index in [-0.39, 0.29) is 0 Å². The van der Waals surface area contributed by atoms with Crippen LogP contribution in [-0.4, -0.2) is 4.98 Å². The molecule has 1 heterocycles. The van der Waals surface area contributed by atoms with Crippen LogP contribution < -0.4 is 11.3 Å². The Balaban J connectivity index is 2.55. The summed E-state index contributed by atoms with van der Waals surface area (Å²) in [7, 11) is 0. The molecule has 0 aliphatic carbocycles. The average Bonchev–Trinajstić information content (AvgIpc) is 2.49. The molecule has 1 aromatic heterocycles. The van der Waals surface area contributed by atoms with Crippen molar-refractivity contribution in [1.29, 1.82) is 0 Å². The van der Waals surface area contributed by atoms with Crippen LogP contribution in [0.15, 0.2) is 24.4 Å². The maximum absolute atomic E-state index is 5.84. The molecule has 3 nitrogen and oxygen atoms in total. The predicted molar refractivity (Wildman–Crippen MR) is 54.3 cm³/mol. The molecular formula is C9H10ClN3. The van der Waals surface area contributed by atoms with Gasteiger partial charge in [0.15, 0.2) is 0 Å². The van der Waals surface area contributed by atoms with E-state index in [9.17, 15) is 0 Å². The molecule has 4 N–H and O–H groups in total. The summed E-state index contributed by atoms with van der Waals surface area (Å²) in [5.74, 6) is 5.25. The molecule has 0 bridgehead atoms. The Labute approximate surface area is 80.9 Å². The Hall–Kier alpha value is -1.03. The molecule has 68 valence electrons. The van der Waals surface area contributed by atoms with Gasteiger partial charge in [-0.3, -0.25) is 11.3 Å². The Bertz CT molecular complexity index is 422. The number of fused-ring (bicyclic) bond motifs is 1. The van der Waals surface area contributed by atoms with Crippen molar-refractivity contribution in [3.63, 3.8) is 0 Å². The number of rotatable bonds is 2. The third kappa shape index (κ3) is 1.54. The van der Waals surface area contributed by atoms with Gasteiger partial charge in [-0.05, 0) is 17.7 Å². The van der Waals surface area contributed by atoms with Crippen molar-refractivity contribution in [3.05, 3.63) is 35.0 Å². The molecule has 0 unspecified atom stereocenters. The van der Waals surface area contributed by atoms with Crippen molar-refractivity contribution in [1.82, 2.24) is 10.4 Å². The molecule has 0 fully saturated rings. The van der Waals surface area contributed by atoms with Gasteiger partial charge in [-0.15, -0.1) is 0 Å². The van der Waals surface area contributed by atoms with Gasteiger partial charge in [0.25, 0.3) is 0 Å². The minimum Gasteiger partial charge on any atom is -0.361 e. The van der Waals surface area contributed by atoms with Crippen molar-refractivity contribution in [2.45, 2.75) is 6.54 Å². The highest BCUT2D eigenvalue weighted by molar-refractivity contribution is 6.31. The van der Waals surface area contributed by atoms with E-state index >= 15 is 0 Å². The number of nitrogens with one attached hydrogen (secondary N) is 2. The molecule has 0 amide bonds. The van der Waals surface area contributed by atoms with Crippen LogP contribution in [0.4, 0.5) is 0 Å². The standard InChI is InChI=1S/C9H10ClN3/c10-7-1-2-8-6(5-13-11)4-12-9(8)3-7/h1-4,12-13H,5,11H2. The second-order valence-electron chi connectivity index (χ2n) is 2.88. The Kier molecular flexibility index (Phi) is 2.22. The molecule has 4 heteroatoms. The van der Waals surface area contributed by atoms with Gasteiger partial charge >= 0.3 is 0 Å². The van der Waals surface area contributed by atoms with E-state index in [0.29, 0.717) is 6.54 Å². The van der Waals surface area contributed by atoms with Crippen LogP contribution in [0.2, 0.25) is 5.02 Å². The first-order valence-electron chi connectivity index (χ1n) is 4.00. The molecule has 0 saturated heterocycles. The lowest BCUT2D eigenvalue weighted by Crippen LogP contribution is -2.20. The summed E-state index contributed by atoms with van der Waals surface area (Å²) in [6.45, 7) is 0.654. The number of hydrogen-bond donors (Lipinski definition) is 3. The van der Waals surface area contributed by atoms with Crippen molar-refractivity contribution in [3.8, 4) is 0 Å². The van der Waals surface area contributed by atoms with Crippen LogP contribution in [0.1, 0.15) is 5.56 Å². The van der Waals surface area contributed by atoms with E-state index in [4.69, 9.17) is 17.4 Å². The molecule has 0 radical (unpaired) electrons. The first kappa shape index (κ1) is 8.56. The van der Waals surface area contributed by atoms with Gasteiger partial charge in [0.1, 0.15) is 0 Å². The molecule has 0 atom stereocenters. The summed E-state index contributed by atoms with van der Waals surface area (Å²) < 4.78 is 0. The summed E-state index contributed by atoms with van der Waals surface area (Å²) in [6.07, 6.45) is 1.93. The first-order chi connectivity index (χ1) is 6.31. The predicted octanol–water partition coefficient (Wildman–Crippen LogP) is 1.78. The summed E-state index contributed by atoms with van der Waals surface area (Å²) in [4.78, 5) is 3.13. The molecule has 0 saturated carbocycles. The minimum absolute atomic E-state index is 0.654. The summed E-state index contributed by atoms with van der Waals surface area (Å²) >= 11 is 5.84. The third-order valence-corrected chi connectivity index (χ3v) is 2.26. The van der Waals surface area contributed by atoms with Gasteiger partial charge in [-0.25, -0.2) is 0 Å². The van der Waals surface area contributed by atoms with Gasteiger partial charge in [0.05, 0.1) is 0 Å². The number of aromatic nitrogens is 1. The van der Waals surface area contributed by atoms with Gasteiger partial charge in [0, 0.05) is 28.7 Å². The van der Waals surface area contributed by atoms with Crippen LogP contribution in [0.5, 0.6) is 0 Å². The molecule has 2 rings (SSSR count). The smallest absolute Gasteiger partial charge is 0.0472 e. The minimum atomic E-state index is 0.654. The van der Waals surface area contributed by atoms with Crippen molar-refractivity contribution in [2.75, 3.05) is 0 Å². The lowest BCUT2D eigenvalue weighted by atomic mass is 10.2. The molecule has 0 spiro atoms. The van der Waals surface area contributed by atoms with E-state index in [1.807, 2.05) is 24.4 Å². The van der Waals surface area contributed by atoms with Gasteiger partial charge in [0.2, 0.25) is 0 Å². The number of hydrogen-bond acceptors (Lipinski definition) is 2. The van der Waals surface area contributed by atoms with Crippen LogP contribution in [0.3, 0.4) is 0 Å². The van der Waals surface area contributed by atoms with E-state index in [0.717, 1.165) is 21.5 Å². The molecular weight excluding hydrogens is 186 g/mol. The second-order valence-corrected chi connectivity index (χ2v) is 3.32. The van der Waals surface area contributed by atoms with E-state index in [1.165, 1.54) is 0 Å². The van der Waals surface area contributed by atoms with Crippen molar-refractivity contribution >= 4 is 22.5 Å². The fraction of sp³-hybridized carbons (Fsp3) is 0.111. The van der Waals surface area contributed by atoms with Gasteiger partial charge in [-0.2, -0.15) is 0 Å². The average molecular weight is 196 g/mol. The highest BCUT2D eigenvalue weighted by Gasteiger charge is 2.02. The SMILES string of the molecule is NNCc1c[nH]c2cc(Cl)ccc12. The highest BCUT2D eigenvalue weighted by Crippen LogP contribution is 2.21. The number of hydrazine groups is 1. The topological polar surface area (TPSA) is 53.8 Å². The largest absolute Gasteiger partial charge is 0.361 e. The molecule has 2 aromatic rings. The Morgan fingerprint density at radius 2 is 2.31 bits per heavy atom. The van der Waals surface area contributed by atoms with Gasteiger partial charge < -0.3 is 4.98 Å². The number of nitrogens with two attached hydrogens (primary N) is 1. The zero-order valence-electron chi connectivity index (χ0n) is 6.97. The maximum Gasteiger partial charge on any atom is 0.0472 e.